The van der Waals surface area contributed by atoms with Gasteiger partial charge in [-0.2, -0.15) is 0 Å². The zero-order chi connectivity index (χ0) is 27.9. The number of amides is 4. The summed E-state index contributed by atoms with van der Waals surface area (Å²) in [6.45, 7) is -1.35. The Morgan fingerprint density at radius 1 is 0.703 bits per heavy atom. The third-order valence-corrected chi connectivity index (χ3v) is 10.2. The first-order valence-electron chi connectivity index (χ1n) is 10.7. The Kier molecular flexibility index (Phi) is 15.0. The molecule has 4 amide bonds. The molecule has 0 unspecified atom stereocenters. The molecule has 0 saturated carbocycles. The average Bonchev–Trinajstić information content (AvgIpc) is 2.81. The van der Waals surface area contributed by atoms with Gasteiger partial charge >= 0.3 is 24.0 Å². The fraction of sp³-hybridized carbons (Fsp3) is 0.765. The van der Waals surface area contributed by atoms with Crippen molar-refractivity contribution in [2.24, 2.45) is 0 Å². The van der Waals surface area contributed by atoms with Crippen molar-refractivity contribution in [1.29, 1.82) is 0 Å². The quantitative estimate of drug-likeness (QED) is 0.195. The van der Waals surface area contributed by atoms with Crippen molar-refractivity contribution in [3.8, 4) is 0 Å². The van der Waals surface area contributed by atoms with Gasteiger partial charge in [0, 0.05) is 29.7 Å². The van der Waals surface area contributed by atoms with Crippen LogP contribution in [0.4, 0.5) is 9.59 Å². The highest BCUT2D eigenvalue weighted by Crippen LogP contribution is 2.21. The lowest BCUT2D eigenvalue weighted by atomic mass is 10.5. The number of carbonyl (C=O) groups excluding carboxylic acids is 2. The molecule has 0 aromatic carbocycles. The van der Waals surface area contributed by atoms with Gasteiger partial charge in [0.25, 0.3) is 20.0 Å². The number of carbonyl (C=O) groups is 4. The Balaban J connectivity index is 3.07. The van der Waals surface area contributed by atoms with E-state index < -0.39 is 55.6 Å². The summed E-state index contributed by atoms with van der Waals surface area (Å²) < 4.78 is 62.0. The molecule has 0 aromatic rings. The SMILES string of the molecule is O=C(O)CCOCCNC(=O)N1N(C(=O)NCCOCCC(=O)O)S(=O)(=O)CCSCSCCS1(=O)=O. The van der Waals surface area contributed by atoms with Crippen molar-refractivity contribution >= 4 is 67.6 Å². The minimum absolute atomic E-state index is 0.0321. The Morgan fingerprint density at radius 2 is 1.08 bits per heavy atom. The maximum atomic E-state index is 13.0. The number of hydrogen-bond donors (Lipinski definition) is 4. The maximum absolute atomic E-state index is 13.0. The summed E-state index contributed by atoms with van der Waals surface area (Å²) in [4.78, 5) is 46.8. The first-order valence-corrected chi connectivity index (χ1v) is 16.3. The van der Waals surface area contributed by atoms with E-state index >= 15 is 0 Å². The normalized spacial score (nSPS) is 17.8. The molecule has 0 aromatic heterocycles. The summed E-state index contributed by atoms with van der Waals surface area (Å²) in [5, 5.41) is 21.9. The lowest BCUT2D eigenvalue weighted by Crippen LogP contribution is -2.61. The molecule has 1 fully saturated rings. The van der Waals surface area contributed by atoms with Crippen LogP contribution < -0.4 is 10.6 Å². The number of hydrogen-bond acceptors (Lipinski definition) is 12. The predicted molar refractivity (Wildman–Crippen MR) is 134 cm³/mol. The number of thioether (sulfide) groups is 2. The number of rotatable bonds is 12. The lowest BCUT2D eigenvalue weighted by Gasteiger charge is -2.32. The van der Waals surface area contributed by atoms with E-state index in [9.17, 15) is 36.0 Å². The summed E-state index contributed by atoms with van der Waals surface area (Å²) in [7, 11) is -9.30. The van der Waals surface area contributed by atoms with Crippen molar-refractivity contribution in [3.63, 3.8) is 0 Å². The Hall–Kier alpha value is -2.00. The fourth-order valence-corrected chi connectivity index (χ4v) is 8.67. The second-order valence-electron chi connectivity index (χ2n) is 7.03. The number of carboxylic acids is 2. The number of hydrazine groups is 1. The Morgan fingerprint density at radius 3 is 1.43 bits per heavy atom. The second kappa shape index (κ2) is 16.8. The van der Waals surface area contributed by atoms with Gasteiger partial charge in [-0.3, -0.25) is 9.59 Å². The minimum Gasteiger partial charge on any atom is -0.481 e. The number of nitrogens with zero attached hydrogens (tertiary/aromatic N) is 2. The summed E-state index contributed by atoms with van der Waals surface area (Å²) in [5.41, 5.74) is 0. The summed E-state index contributed by atoms with van der Waals surface area (Å²) in [6, 6.07) is -2.84. The first-order chi connectivity index (χ1) is 17.4. The van der Waals surface area contributed by atoms with E-state index in [0.29, 0.717) is 5.08 Å². The largest absolute Gasteiger partial charge is 0.481 e. The van der Waals surface area contributed by atoms with Crippen LogP contribution in [0.5, 0.6) is 0 Å². The number of carboxylic acid groups (broad SMARTS) is 2. The van der Waals surface area contributed by atoms with Crippen LogP contribution >= 0.6 is 23.5 Å². The van der Waals surface area contributed by atoms with Crippen molar-refractivity contribution in [2.75, 3.05) is 67.6 Å². The van der Waals surface area contributed by atoms with Gasteiger partial charge in [-0.05, 0) is 0 Å². The molecular weight excluding hydrogens is 580 g/mol. The molecule has 37 heavy (non-hydrogen) atoms. The highest BCUT2D eigenvalue weighted by Gasteiger charge is 2.43. The number of sulfonamides is 2. The molecule has 1 heterocycles. The van der Waals surface area contributed by atoms with Gasteiger partial charge in [-0.1, -0.05) is 0 Å². The molecule has 1 rings (SSSR count). The number of nitrogens with one attached hydrogen (secondary N) is 2. The maximum Gasteiger partial charge on any atom is 0.351 e. The molecular formula is C17H30N4O12S4. The third-order valence-electron chi connectivity index (χ3n) is 4.14. The molecule has 1 aliphatic rings. The van der Waals surface area contributed by atoms with Gasteiger partial charge in [0.2, 0.25) is 0 Å². The van der Waals surface area contributed by atoms with Crippen LogP contribution in [0.2, 0.25) is 0 Å². The predicted octanol–water partition coefficient (Wildman–Crippen LogP) is -0.996. The molecule has 0 radical (unpaired) electrons. The molecule has 214 valence electrons. The van der Waals surface area contributed by atoms with E-state index in [0.717, 1.165) is 0 Å². The summed E-state index contributed by atoms with van der Waals surface area (Å²) in [5.74, 6) is -3.42. The summed E-state index contributed by atoms with van der Waals surface area (Å²) in [6.07, 6.45) is -0.591. The molecule has 20 heteroatoms. The van der Waals surface area contributed by atoms with E-state index in [1.807, 2.05) is 0 Å². The highest BCUT2D eigenvalue weighted by molar-refractivity contribution is 8.16. The number of ether oxygens (including phenoxy) is 2. The molecule has 1 saturated heterocycles. The molecule has 16 nitrogen and oxygen atoms in total. The first kappa shape index (κ1) is 33.0. The second-order valence-corrected chi connectivity index (χ2v) is 13.4. The number of urea groups is 2. The molecule has 0 atom stereocenters. The molecule has 0 bridgehead atoms. The Labute approximate surface area is 222 Å². The van der Waals surface area contributed by atoms with Crippen LogP contribution in [0.1, 0.15) is 12.8 Å². The zero-order valence-corrected chi connectivity index (χ0v) is 23.0. The molecule has 0 spiro atoms. The van der Waals surface area contributed by atoms with Gasteiger partial charge in [-0.25, -0.2) is 26.4 Å². The van der Waals surface area contributed by atoms with Crippen LogP contribution in [0.15, 0.2) is 0 Å². The van der Waals surface area contributed by atoms with Gasteiger partial charge in [0.1, 0.15) is 0 Å². The topological polar surface area (TPSA) is 226 Å². The standard InChI is InChI=1S/C17H30N4O12S4/c22-14(23)1-5-32-7-3-18-16(26)20-21(17(27)19-4-8-33-6-2-15(24)25)37(30,31)12-10-35-13-34-9-11-36(20,28)29/h1-13H2,(H,18,26)(H,19,27)(H,22,23)(H,24,25). The van der Waals surface area contributed by atoms with Gasteiger partial charge in [0.05, 0.1) is 50.8 Å². The molecule has 1 aliphatic heterocycles. The van der Waals surface area contributed by atoms with Crippen molar-refractivity contribution < 1.29 is 55.7 Å². The van der Waals surface area contributed by atoms with E-state index in [2.05, 4.69) is 10.6 Å². The van der Waals surface area contributed by atoms with Crippen LogP contribution in [-0.4, -0.2) is 127 Å². The van der Waals surface area contributed by atoms with E-state index in [1.54, 1.807) is 0 Å². The van der Waals surface area contributed by atoms with Crippen molar-refractivity contribution in [1.82, 2.24) is 19.5 Å². The van der Waals surface area contributed by atoms with Crippen LogP contribution in [0.25, 0.3) is 0 Å². The Bertz CT molecular complexity index is 914. The van der Waals surface area contributed by atoms with Crippen LogP contribution in [0, 0.1) is 0 Å². The molecule has 4 N–H and O–H groups in total. The van der Waals surface area contributed by atoms with E-state index in [1.165, 1.54) is 23.5 Å². The van der Waals surface area contributed by atoms with E-state index in [4.69, 9.17) is 19.7 Å². The van der Waals surface area contributed by atoms with Gasteiger partial charge in [-0.15, -0.1) is 32.4 Å². The van der Waals surface area contributed by atoms with Crippen LogP contribution in [-0.2, 0) is 39.1 Å². The smallest absolute Gasteiger partial charge is 0.351 e. The zero-order valence-electron chi connectivity index (χ0n) is 19.7. The monoisotopic (exact) mass is 610 g/mol. The van der Waals surface area contributed by atoms with E-state index in [-0.39, 0.29) is 72.7 Å². The third kappa shape index (κ3) is 12.9. The summed E-state index contributed by atoms with van der Waals surface area (Å²) >= 11 is 2.45. The van der Waals surface area contributed by atoms with Gasteiger partial charge in [0.15, 0.2) is 0 Å². The fourth-order valence-electron chi connectivity index (χ4n) is 2.44. The van der Waals surface area contributed by atoms with Crippen molar-refractivity contribution in [2.45, 2.75) is 12.8 Å². The highest BCUT2D eigenvalue weighted by atomic mass is 32.2. The molecule has 0 aliphatic carbocycles. The van der Waals surface area contributed by atoms with Crippen LogP contribution in [0.3, 0.4) is 0 Å². The van der Waals surface area contributed by atoms with Crippen molar-refractivity contribution in [3.05, 3.63) is 0 Å². The number of aliphatic carboxylic acids is 2. The average molecular weight is 611 g/mol. The lowest BCUT2D eigenvalue weighted by molar-refractivity contribution is -0.139. The van der Waals surface area contributed by atoms with Gasteiger partial charge < -0.3 is 30.3 Å². The minimum atomic E-state index is -4.65.